The van der Waals surface area contributed by atoms with Crippen molar-refractivity contribution in [3.8, 4) is 0 Å². The van der Waals surface area contributed by atoms with E-state index in [1.165, 1.54) is 12.3 Å². The Balaban J connectivity index is 2.95. The van der Waals surface area contributed by atoms with E-state index >= 15 is 0 Å². The molecule has 2 N–H and O–H groups in total. The van der Waals surface area contributed by atoms with Crippen LogP contribution in [-0.2, 0) is 16.6 Å². The third kappa shape index (κ3) is 5.37. The molecule has 5 nitrogen and oxygen atoms in total. The van der Waals surface area contributed by atoms with Gasteiger partial charge in [-0.3, -0.25) is 0 Å². The van der Waals surface area contributed by atoms with Crippen LogP contribution in [0.5, 0.6) is 0 Å². The second kappa shape index (κ2) is 7.86. The molecule has 1 aromatic rings. The van der Waals surface area contributed by atoms with Crippen LogP contribution in [0.1, 0.15) is 38.9 Å². The molecule has 1 aromatic heterocycles. The Kier molecular flexibility index (Phi) is 6.76. The van der Waals surface area contributed by atoms with Gasteiger partial charge in [0, 0.05) is 24.5 Å². The molecule has 1 rings (SSSR count). The van der Waals surface area contributed by atoms with Crippen molar-refractivity contribution in [3.05, 3.63) is 18.0 Å². The summed E-state index contributed by atoms with van der Waals surface area (Å²) >= 11 is 0. The summed E-state index contributed by atoms with van der Waals surface area (Å²) in [6, 6.07) is 1.61. The fourth-order valence-corrected chi connectivity index (χ4v) is 2.97. The minimum absolute atomic E-state index is 0.0187. The summed E-state index contributed by atoms with van der Waals surface area (Å²) in [6.45, 7) is 6.40. The molecule has 8 heteroatoms. The van der Waals surface area contributed by atoms with Gasteiger partial charge in [-0.05, 0) is 32.9 Å². The fourth-order valence-electron chi connectivity index (χ4n) is 1.92. The Labute approximate surface area is 124 Å². The number of halogens is 2. The van der Waals surface area contributed by atoms with Crippen molar-refractivity contribution in [3.63, 3.8) is 0 Å². The molecule has 0 aromatic carbocycles. The molecule has 21 heavy (non-hydrogen) atoms. The zero-order chi connectivity index (χ0) is 16.0. The molecule has 0 saturated heterocycles. The molecule has 1 heterocycles. The molecule has 0 aliphatic carbocycles. The van der Waals surface area contributed by atoms with E-state index in [4.69, 9.17) is 0 Å². The van der Waals surface area contributed by atoms with Gasteiger partial charge in [0.2, 0.25) is 10.0 Å². The van der Waals surface area contributed by atoms with E-state index in [0.29, 0.717) is 6.54 Å². The van der Waals surface area contributed by atoms with E-state index < -0.39 is 23.0 Å². The summed E-state index contributed by atoms with van der Waals surface area (Å²) in [5.74, 6) is 0. The zero-order valence-electron chi connectivity index (χ0n) is 12.6. The van der Waals surface area contributed by atoms with Crippen LogP contribution in [-0.4, -0.2) is 32.5 Å². The van der Waals surface area contributed by atoms with Crippen LogP contribution >= 0.6 is 0 Å². The largest absolute Gasteiger partial charge is 0.346 e. The Hall–Kier alpha value is -0.990. The van der Waals surface area contributed by atoms with Crippen molar-refractivity contribution in [1.29, 1.82) is 0 Å². The second-order valence-electron chi connectivity index (χ2n) is 5.09. The predicted octanol–water partition coefficient (Wildman–Crippen LogP) is 2.11. The lowest BCUT2D eigenvalue weighted by Gasteiger charge is -2.13. The minimum Gasteiger partial charge on any atom is -0.346 e. The highest BCUT2D eigenvalue weighted by atomic mass is 32.2. The molecule has 0 aliphatic heterocycles. The lowest BCUT2D eigenvalue weighted by atomic mass is 10.3. The highest BCUT2D eigenvalue weighted by molar-refractivity contribution is 7.89. The predicted molar refractivity (Wildman–Crippen MR) is 78.0 cm³/mol. The highest BCUT2D eigenvalue weighted by Crippen LogP contribution is 2.19. The lowest BCUT2D eigenvalue weighted by Crippen LogP contribution is -2.28. The maximum Gasteiger partial charge on any atom is 0.251 e. The third-order valence-electron chi connectivity index (χ3n) is 2.93. The van der Waals surface area contributed by atoms with Crippen molar-refractivity contribution in [2.75, 3.05) is 13.1 Å². The number of rotatable bonds is 9. The molecule has 0 radical (unpaired) electrons. The van der Waals surface area contributed by atoms with Crippen LogP contribution in [0.3, 0.4) is 0 Å². The average Bonchev–Trinajstić information content (AvgIpc) is 2.82. The van der Waals surface area contributed by atoms with Gasteiger partial charge in [-0.25, -0.2) is 21.9 Å². The molecule has 0 fully saturated rings. The van der Waals surface area contributed by atoms with E-state index in [2.05, 4.69) is 5.32 Å². The van der Waals surface area contributed by atoms with Crippen LogP contribution in [0, 0.1) is 0 Å². The molecule has 0 amide bonds. The topological polar surface area (TPSA) is 63.1 Å². The van der Waals surface area contributed by atoms with E-state index in [1.54, 1.807) is 0 Å². The van der Waals surface area contributed by atoms with Crippen LogP contribution in [0.2, 0.25) is 0 Å². The summed E-state index contributed by atoms with van der Waals surface area (Å²) in [7, 11) is -3.90. The van der Waals surface area contributed by atoms with Gasteiger partial charge in [-0.2, -0.15) is 0 Å². The Morgan fingerprint density at radius 2 is 2.00 bits per heavy atom. The Morgan fingerprint density at radius 1 is 1.33 bits per heavy atom. The highest BCUT2D eigenvalue weighted by Gasteiger charge is 2.20. The van der Waals surface area contributed by atoms with Gasteiger partial charge in [0.1, 0.15) is 0 Å². The number of nitrogens with zero attached hydrogens (tertiary/aromatic N) is 1. The van der Waals surface area contributed by atoms with Crippen LogP contribution in [0.4, 0.5) is 8.78 Å². The van der Waals surface area contributed by atoms with Gasteiger partial charge in [-0.15, -0.1) is 0 Å². The molecular formula is C13H23F2N3O2S. The Bertz CT molecular complexity index is 542. The summed E-state index contributed by atoms with van der Waals surface area (Å²) in [6.07, 6.45) is -0.247. The van der Waals surface area contributed by atoms with Gasteiger partial charge >= 0.3 is 0 Å². The second-order valence-corrected chi connectivity index (χ2v) is 6.85. The van der Waals surface area contributed by atoms with Crippen molar-refractivity contribution >= 4 is 10.0 Å². The maximum atomic E-state index is 12.2. The molecule has 0 bridgehead atoms. The molecule has 0 aliphatic rings. The first kappa shape index (κ1) is 18.1. The van der Waals surface area contributed by atoms with Crippen LogP contribution in [0.25, 0.3) is 0 Å². The van der Waals surface area contributed by atoms with Crippen molar-refractivity contribution < 1.29 is 17.2 Å². The first-order valence-electron chi connectivity index (χ1n) is 6.97. The number of alkyl halides is 2. The smallest absolute Gasteiger partial charge is 0.251 e. The van der Waals surface area contributed by atoms with E-state index in [1.807, 2.05) is 30.1 Å². The number of hydrogen-bond donors (Lipinski definition) is 2. The SMILES string of the molecule is CCCNCc1cc(S(=O)(=O)NCC(F)F)cn1C(C)C. The number of sulfonamides is 1. The number of aromatic nitrogens is 1. The quantitative estimate of drug-likeness (QED) is 0.684. The lowest BCUT2D eigenvalue weighted by molar-refractivity contribution is 0.153. The average molecular weight is 323 g/mol. The normalized spacial score (nSPS) is 12.5. The summed E-state index contributed by atoms with van der Waals surface area (Å²) in [4.78, 5) is 0.0187. The molecule has 0 atom stereocenters. The maximum absolute atomic E-state index is 12.2. The van der Waals surface area contributed by atoms with E-state index in [0.717, 1.165) is 18.7 Å². The van der Waals surface area contributed by atoms with Crippen LogP contribution in [0.15, 0.2) is 17.2 Å². The summed E-state index contributed by atoms with van der Waals surface area (Å²) < 4.78 is 52.0. The third-order valence-corrected chi connectivity index (χ3v) is 4.32. The number of nitrogens with one attached hydrogen (secondary N) is 2. The molecule has 122 valence electrons. The molecule has 0 unspecified atom stereocenters. The fraction of sp³-hybridized carbons (Fsp3) is 0.692. The van der Waals surface area contributed by atoms with Crippen molar-refractivity contribution in [1.82, 2.24) is 14.6 Å². The molecular weight excluding hydrogens is 300 g/mol. The summed E-state index contributed by atoms with van der Waals surface area (Å²) in [5, 5.41) is 3.21. The van der Waals surface area contributed by atoms with Gasteiger partial charge < -0.3 is 9.88 Å². The minimum atomic E-state index is -3.90. The van der Waals surface area contributed by atoms with Crippen molar-refractivity contribution in [2.45, 2.75) is 51.1 Å². The van der Waals surface area contributed by atoms with E-state index in [-0.39, 0.29) is 10.9 Å². The first-order valence-corrected chi connectivity index (χ1v) is 8.45. The molecule has 0 spiro atoms. The Morgan fingerprint density at radius 3 is 2.52 bits per heavy atom. The standard InChI is InChI=1S/C13H23F2N3O2S/c1-4-5-16-7-11-6-12(9-18(11)10(2)3)21(19,20)17-8-13(14)15/h6,9-10,13,16-17H,4-5,7-8H2,1-3H3. The van der Waals surface area contributed by atoms with Gasteiger partial charge in [0.05, 0.1) is 11.4 Å². The molecule has 0 saturated carbocycles. The summed E-state index contributed by atoms with van der Waals surface area (Å²) in [5.41, 5.74) is 0.816. The zero-order valence-corrected chi connectivity index (χ0v) is 13.4. The monoisotopic (exact) mass is 323 g/mol. The van der Waals surface area contributed by atoms with Crippen molar-refractivity contribution in [2.24, 2.45) is 0 Å². The van der Waals surface area contributed by atoms with Gasteiger partial charge in [-0.1, -0.05) is 6.92 Å². The van der Waals surface area contributed by atoms with E-state index in [9.17, 15) is 17.2 Å². The number of hydrogen-bond acceptors (Lipinski definition) is 3. The van der Waals surface area contributed by atoms with Gasteiger partial charge in [0.25, 0.3) is 6.43 Å². The van der Waals surface area contributed by atoms with Crippen LogP contribution < -0.4 is 10.0 Å². The first-order chi connectivity index (χ1) is 9.77. The van der Waals surface area contributed by atoms with Gasteiger partial charge in [0.15, 0.2) is 0 Å².